The van der Waals surface area contributed by atoms with Crippen molar-refractivity contribution in [1.29, 1.82) is 0 Å². The zero-order chi connectivity index (χ0) is 14.7. The summed E-state index contributed by atoms with van der Waals surface area (Å²) in [5.74, 6) is 0.222. The van der Waals surface area contributed by atoms with Crippen LogP contribution in [-0.4, -0.2) is 46.1 Å². The Hall–Kier alpha value is -1.21. The van der Waals surface area contributed by atoms with Crippen molar-refractivity contribution in [2.24, 2.45) is 0 Å². The molecule has 1 heterocycles. The maximum atomic E-state index is 12.3. The highest BCUT2D eigenvalue weighted by molar-refractivity contribution is 9.10. The summed E-state index contributed by atoms with van der Waals surface area (Å²) >= 11 is 4.98. The van der Waals surface area contributed by atoms with E-state index < -0.39 is 12.0 Å². The number of carboxylic acid groups (broad SMARTS) is 1. The van der Waals surface area contributed by atoms with Gasteiger partial charge in [-0.15, -0.1) is 0 Å². The maximum absolute atomic E-state index is 12.3. The third-order valence-electron chi connectivity index (χ3n) is 3.11. The molecule has 1 aromatic carbocycles. The van der Waals surface area contributed by atoms with Crippen molar-refractivity contribution in [3.05, 3.63) is 28.2 Å². The number of hydrogen-bond donors (Lipinski definition) is 2. The summed E-state index contributed by atoms with van der Waals surface area (Å²) in [5.41, 5.74) is 1.66. The molecular formula is C13H15BrN2O3S. The second-order valence-corrected chi connectivity index (χ2v) is 6.43. The van der Waals surface area contributed by atoms with E-state index in [1.54, 1.807) is 17.8 Å². The van der Waals surface area contributed by atoms with Gasteiger partial charge < -0.3 is 15.3 Å². The molecular weight excluding hydrogens is 344 g/mol. The van der Waals surface area contributed by atoms with Crippen molar-refractivity contribution >= 4 is 45.4 Å². The Bertz CT molecular complexity index is 538. The molecule has 0 aliphatic carbocycles. The van der Waals surface area contributed by atoms with Crippen LogP contribution in [0.3, 0.4) is 0 Å². The number of carboxylic acids is 1. The zero-order valence-corrected chi connectivity index (χ0v) is 13.3. The number of aliphatic carboxylic acids is 1. The van der Waals surface area contributed by atoms with Crippen molar-refractivity contribution < 1.29 is 14.7 Å². The van der Waals surface area contributed by atoms with Crippen LogP contribution in [0.2, 0.25) is 0 Å². The number of carbonyl (C=O) groups excluding carboxylic acids is 1. The highest BCUT2D eigenvalue weighted by atomic mass is 79.9. The monoisotopic (exact) mass is 358 g/mol. The average Bonchev–Trinajstić information content (AvgIpc) is 2.43. The molecule has 0 spiro atoms. The summed E-state index contributed by atoms with van der Waals surface area (Å²) in [7, 11) is 0. The number of carbonyl (C=O) groups is 2. The van der Waals surface area contributed by atoms with Gasteiger partial charge in [-0.05, 0) is 34.5 Å². The van der Waals surface area contributed by atoms with Gasteiger partial charge in [0, 0.05) is 22.5 Å². The van der Waals surface area contributed by atoms with Crippen LogP contribution in [0.5, 0.6) is 0 Å². The summed E-state index contributed by atoms with van der Waals surface area (Å²) < 4.78 is 0.812. The number of thioether (sulfide) groups is 1. The van der Waals surface area contributed by atoms with Gasteiger partial charge in [0.05, 0.1) is 5.69 Å². The number of benzene rings is 1. The third kappa shape index (κ3) is 3.27. The molecule has 1 atom stereocenters. The molecule has 1 saturated heterocycles. The fraction of sp³-hybridized carbons (Fsp3) is 0.385. The van der Waals surface area contributed by atoms with Crippen LogP contribution in [0, 0.1) is 6.92 Å². The normalized spacial score (nSPS) is 18.7. The Morgan fingerprint density at radius 1 is 1.50 bits per heavy atom. The van der Waals surface area contributed by atoms with Gasteiger partial charge in [-0.25, -0.2) is 9.59 Å². The minimum atomic E-state index is -0.962. The van der Waals surface area contributed by atoms with Crippen molar-refractivity contribution in [3.8, 4) is 0 Å². The van der Waals surface area contributed by atoms with Crippen LogP contribution in [0.15, 0.2) is 22.7 Å². The second kappa shape index (κ2) is 6.49. The van der Waals surface area contributed by atoms with E-state index in [1.165, 1.54) is 4.90 Å². The number of urea groups is 1. The molecule has 1 aliphatic rings. The smallest absolute Gasteiger partial charge is 0.327 e. The number of hydrogen-bond acceptors (Lipinski definition) is 3. The predicted octanol–water partition coefficient (Wildman–Crippen LogP) is 2.79. The van der Waals surface area contributed by atoms with Crippen molar-refractivity contribution in [2.45, 2.75) is 13.0 Å². The number of rotatable bonds is 2. The molecule has 1 aliphatic heterocycles. The Kier molecular flexibility index (Phi) is 4.93. The Morgan fingerprint density at radius 2 is 2.25 bits per heavy atom. The zero-order valence-electron chi connectivity index (χ0n) is 10.9. The van der Waals surface area contributed by atoms with Gasteiger partial charge in [-0.2, -0.15) is 11.8 Å². The van der Waals surface area contributed by atoms with Crippen molar-refractivity contribution in [1.82, 2.24) is 4.90 Å². The Balaban J connectivity index is 2.14. The first-order valence-corrected chi connectivity index (χ1v) is 8.08. The van der Waals surface area contributed by atoms with Gasteiger partial charge in [0.25, 0.3) is 0 Å². The van der Waals surface area contributed by atoms with E-state index in [0.29, 0.717) is 18.0 Å². The number of anilines is 1. The molecule has 7 heteroatoms. The minimum absolute atomic E-state index is 0.371. The lowest BCUT2D eigenvalue weighted by atomic mass is 10.2. The predicted molar refractivity (Wildman–Crippen MR) is 83.4 cm³/mol. The molecule has 2 amide bonds. The molecule has 2 N–H and O–H groups in total. The van der Waals surface area contributed by atoms with Gasteiger partial charge in [-0.3, -0.25) is 0 Å². The Labute approximate surface area is 129 Å². The Morgan fingerprint density at radius 3 is 2.95 bits per heavy atom. The minimum Gasteiger partial charge on any atom is -0.480 e. The lowest BCUT2D eigenvalue weighted by Crippen LogP contribution is -2.51. The van der Waals surface area contributed by atoms with Crippen LogP contribution in [0.1, 0.15) is 5.56 Å². The topological polar surface area (TPSA) is 69.6 Å². The van der Waals surface area contributed by atoms with E-state index >= 15 is 0 Å². The molecule has 5 nitrogen and oxygen atoms in total. The first kappa shape index (κ1) is 15.2. The van der Waals surface area contributed by atoms with E-state index in [-0.39, 0.29) is 6.03 Å². The lowest BCUT2D eigenvalue weighted by molar-refractivity contribution is -0.141. The molecule has 0 radical (unpaired) electrons. The number of nitrogens with zero attached hydrogens (tertiary/aromatic N) is 1. The molecule has 108 valence electrons. The molecule has 0 aromatic heterocycles. The highest BCUT2D eigenvalue weighted by Gasteiger charge is 2.32. The fourth-order valence-electron chi connectivity index (χ4n) is 1.98. The maximum Gasteiger partial charge on any atom is 0.327 e. The van der Waals surface area contributed by atoms with E-state index in [4.69, 9.17) is 0 Å². The molecule has 0 bridgehead atoms. The number of amides is 2. The van der Waals surface area contributed by atoms with Gasteiger partial charge in [0.2, 0.25) is 0 Å². The van der Waals surface area contributed by atoms with E-state index in [2.05, 4.69) is 21.2 Å². The van der Waals surface area contributed by atoms with E-state index in [1.807, 2.05) is 19.1 Å². The first-order valence-electron chi connectivity index (χ1n) is 6.14. The number of aryl methyl sites for hydroxylation is 1. The second-order valence-electron chi connectivity index (χ2n) is 4.49. The van der Waals surface area contributed by atoms with E-state index in [0.717, 1.165) is 15.8 Å². The molecule has 1 fully saturated rings. The molecule has 1 unspecified atom stereocenters. The van der Waals surface area contributed by atoms with Crippen LogP contribution in [-0.2, 0) is 4.79 Å². The van der Waals surface area contributed by atoms with Crippen molar-refractivity contribution in [3.63, 3.8) is 0 Å². The van der Waals surface area contributed by atoms with Crippen LogP contribution in [0.25, 0.3) is 0 Å². The molecule has 1 aromatic rings. The third-order valence-corrected chi connectivity index (χ3v) is 5.18. The van der Waals surface area contributed by atoms with Crippen LogP contribution < -0.4 is 5.32 Å². The molecule has 2 rings (SSSR count). The summed E-state index contributed by atoms with van der Waals surface area (Å²) in [6, 6.07) is 4.42. The number of nitrogens with one attached hydrogen (secondary N) is 1. The SMILES string of the molecule is Cc1cccc(NC(=O)N2CCSCC2C(=O)O)c1Br. The summed E-state index contributed by atoms with van der Waals surface area (Å²) in [4.78, 5) is 24.8. The lowest BCUT2D eigenvalue weighted by Gasteiger charge is -2.32. The quantitative estimate of drug-likeness (QED) is 0.852. The first-order chi connectivity index (χ1) is 9.50. The largest absolute Gasteiger partial charge is 0.480 e. The summed E-state index contributed by atoms with van der Waals surface area (Å²) in [6.07, 6.45) is 0. The summed E-state index contributed by atoms with van der Waals surface area (Å²) in [5, 5.41) is 12.0. The standard InChI is InChI=1S/C13H15BrN2O3S/c1-8-3-2-4-9(11(8)14)15-13(19)16-5-6-20-7-10(16)12(17)18/h2-4,10H,5-7H2,1H3,(H,15,19)(H,17,18). The average molecular weight is 359 g/mol. The van der Waals surface area contributed by atoms with Crippen LogP contribution >= 0.6 is 27.7 Å². The van der Waals surface area contributed by atoms with Crippen molar-refractivity contribution in [2.75, 3.05) is 23.4 Å². The van der Waals surface area contributed by atoms with E-state index in [9.17, 15) is 14.7 Å². The van der Waals surface area contributed by atoms with Crippen LogP contribution in [0.4, 0.5) is 10.5 Å². The number of halogens is 1. The molecule has 20 heavy (non-hydrogen) atoms. The fourth-order valence-corrected chi connectivity index (χ4v) is 3.38. The van der Waals surface area contributed by atoms with Gasteiger partial charge in [0.1, 0.15) is 6.04 Å². The molecule has 0 saturated carbocycles. The van der Waals surface area contributed by atoms with Gasteiger partial charge in [-0.1, -0.05) is 12.1 Å². The summed E-state index contributed by atoms with van der Waals surface area (Å²) in [6.45, 7) is 2.37. The van der Waals surface area contributed by atoms with Gasteiger partial charge in [0.15, 0.2) is 0 Å². The van der Waals surface area contributed by atoms with Gasteiger partial charge >= 0.3 is 12.0 Å². The highest BCUT2D eigenvalue weighted by Crippen LogP contribution is 2.26.